The van der Waals surface area contributed by atoms with Gasteiger partial charge in [-0.2, -0.15) is 0 Å². The van der Waals surface area contributed by atoms with E-state index in [9.17, 15) is 4.79 Å². The van der Waals surface area contributed by atoms with Crippen LogP contribution >= 0.6 is 0 Å². The van der Waals surface area contributed by atoms with Crippen molar-refractivity contribution in [2.24, 2.45) is 0 Å². The number of benzene rings is 1. The number of para-hydroxylation sites is 2. The van der Waals surface area contributed by atoms with E-state index < -0.39 is 0 Å². The Morgan fingerprint density at radius 2 is 1.77 bits per heavy atom. The number of hydrogen-bond acceptors (Lipinski definition) is 3. The molecular weight excluding hydrogens is 374 g/mol. The van der Waals surface area contributed by atoms with Crippen molar-refractivity contribution in [2.75, 3.05) is 13.1 Å². The van der Waals surface area contributed by atoms with Crippen LogP contribution in [0.4, 0.5) is 0 Å². The van der Waals surface area contributed by atoms with Gasteiger partial charge in [0.2, 0.25) is 0 Å². The Morgan fingerprint density at radius 1 is 1.03 bits per heavy atom. The van der Waals surface area contributed by atoms with E-state index in [0.29, 0.717) is 6.04 Å². The van der Waals surface area contributed by atoms with Gasteiger partial charge in [0.05, 0.1) is 5.56 Å². The zero-order valence-electron chi connectivity index (χ0n) is 18.1. The molecule has 5 heteroatoms. The maximum Gasteiger partial charge on any atom is 0.255 e. The van der Waals surface area contributed by atoms with Crippen LogP contribution in [0.2, 0.25) is 0 Å². The third-order valence-electron chi connectivity index (χ3n) is 7.10. The second-order valence-corrected chi connectivity index (χ2v) is 9.03. The summed E-state index contributed by atoms with van der Waals surface area (Å²) in [7, 11) is 0. The van der Waals surface area contributed by atoms with Crippen molar-refractivity contribution in [3.8, 4) is 0 Å². The highest BCUT2D eigenvalue weighted by molar-refractivity contribution is 5.95. The molecule has 1 amide bonds. The maximum atomic E-state index is 13.3. The Labute approximate surface area is 178 Å². The second kappa shape index (κ2) is 7.93. The molecule has 1 aliphatic heterocycles. The van der Waals surface area contributed by atoms with E-state index in [4.69, 9.17) is 4.42 Å². The van der Waals surface area contributed by atoms with E-state index >= 15 is 0 Å². The van der Waals surface area contributed by atoms with Gasteiger partial charge < -0.3 is 13.9 Å². The van der Waals surface area contributed by atoms with Crippen molar-refractivity contribution in [1.29, 1.82) is 0 Å². The minimum absolute atomic E-state index is 0.182. The van der Waals surface area contributed by atoms with Gasteiger partial charge in [-0.3, -0.25) is 4.79 Å². The predicted octanol–water partition coefficient (Wildman–Crippen LogP) is 5.77. The number of aryl methyl sites for hydroxylation is 1. The summed E-state index contributed by atoms with van der Waals surface area (Å²) in [5, 5.41) is 0. The van der Waals surface area contributed by atoms with E-state index in [1.165, 1.54) is 37.8 Å². The van der Waals surface area contributed by atoms with Crippen molar-refractivity contribution in [3.05, 3.63) is 53.2 Å². The normalized spacial score (nSPS) is 18.9. The predicted molar refractivity (Wildman–Crippen MR) is 118 cm³/mol. The number of rotatable bonds is 3. The first-order valence-corrected chi connectivity index (χ1v) is 11.4. The lowest BCUT2D eigenvalue weighted by Crippen LogP contribution is -2.38. The van der Waals surface area contributed by atoms with E-state index in [1.807, 2.05) is 29.2 Å². The zero-order chi connectivity index (χ0) is 20.7. The highest BCUT2D eigenvalue weighted by Crippen LogP contribution is 2.34. The molecule has 0 unspecified atom stereocenters. The molecule has 1 saturated heterocycles. The Morgan fingerprint density at radius 3 is 2.50 bits per heavy atom. The molecule has 2 aromatic heterocycles. The number of aromatic nitrogens is 2. The minimum Gasteiger partial charge on any atom is -0.440 e. The summed E-state index contributed by atoms with van der Waals surface area (Å²) in [5.74, 6) is 1.29. The quantitative estimate of drug-likeness (QED) is 0.556. The van der Waals surface area contributed by atoms with Crippen molar-refractivity contribution < 1.29 is 9.21 Å². The van der Waals surface area contributed by atoms with Gasteiger partial charge in [0.15, 0.2) is 11.5 Å². The van der Waals surface area contributed by atoms with Crippen LogP contribution in [0.15, 0.2) is 34.7 Å². The number of carbonyl (C=O) groups excluding carboxylic acids is 1. The van der Waals surface area contributed by atoms with Crippen LogP contribution in [-0.2, 0) is 0 Å². The van der Waals surface area contributed by atoms with Gasteiger partial charge in [0, 0.05) is 36.4 Å². The van der Waals surface area contributed by atoms with Gasteiger partial charge in [0.1, 0.15) is 5.52 Å². The average molecular weight is 406 g/mol. The van der Waals surface area contributed by atoms with E-state index in [-0.39, 0.29) is 11.8 Å². The van der Waals surface area contributed by atoms with Gasteiger partial charge in [-0.1, -0.05) is 31.4 Å². The van der Waals surface area contributed by atoms with Gasteiger partial charge in [-0.25, -0.2) is 4.98 Å². The van der Waals surface area contributed by atoms with Crippen LogP contribution in [-0.4, -0.2) is 33.4 Å². The highest BCUT2D eigenvalue weighted by atomic mass is 16.3. The first-order valence-electron chi connectivity index (χ1n) is 11.4. The monoisotopic (exact) mass is 405 g/mol. The first kappa shape index (κ1) is 19.4. The molecule has 1 aromatic carbocycles. The molecule has 5 rings (SSSR count). The van der Waals surface area contributed by atoms with Gasteiger partial charge in [0.25, 0.3) is 5.91 Å². The molecular formula is C25H31N3O2. The van der Waals surface area contributed by atoms with E-state index in [2.05, 4.69) is 29.5 Å². The third kappa shape index (κ3) is 3.44. The second-order valence-electron chi connectivity index (χ2n) is 9.03. The molecule has 0 bridgehead atoms. The van der Waals surface area contributed by atoms with Gasteiger partial charge >= 0.3 is 0 Å². The SMILES string of the molecule is Cc1cc(C(=O)N2CCC(c3nc4ccccc4o3)CC2)c(C)n1C1CCCCC1. The zero-order valence-corrected chi connectivity index (χ0v) is 18.1. The lowest BCUT2D eigenvalue weighted by atomic mass is 9.95. The summed E-state index contributed by atoms with van der Waals surface area (Å²) in [6.45, 7) is 5.79. The van der Waals surface area contributed by atoms with Crippen LogP contribution in [0.3, 0.4) is 0 Å². The number of hydrogen-bond donors (Lipinski definition) is 0. The number of nitrogens with zero attached hydrogens (tertiary/aromatic N) is 3. The molecule has 0 spiro atoms. The highest BCUT2D eigenvalue weighted by Gasteiger charge is 2.30. The molecule has 2 fully saturated rings. The van der Waals surface area contributed by atoms with Crippen LogP contribution in [0, 0.1) is 13.8 Å². The molecule has 0 atom stereocenters. The topological polar surface area (TPSA) is 51.3 Å². The molecule has 3 aromatic rings. The van der Waals surface area contributed by atoms with Gasteiger partial charge in [-0.05, 0) is 57.7 Å². The fourth-order valence-electron chi connectivity index (χ4n) is 5.46. The molecule has 158 valence electrons. The van der Waals surface area contributed by atoms with Crippen molar-refractivity contribution in [1.82, 2.24) is 14.5 Å². The van der Waals surface area contributed by atoms with E-state index in [0.717, 1.165) is 54.2 Å². The Balaban J connectivity index is 1.29. The molecule has 3 heterocycles. The van der Waals surface area contributed by atoms with Gasteiger partial charge in [-0.15, -0.1) is 0 Å². The van der Waals surface area contributed by atoms with Crippen molar-refractivity contribution in [2.45, 2.75) is 70.8 Å². The largest absolute Gasteiger partial charge is 0.440 e. The molecule has 5 nitrogen and oxygen atoms in total. The van der Waals surface area contributed by atoms with E-state index in [1.54, 1.807) is 0 Å². The van der Waals surface area contributed by atoms with Crippen LogP contribution in [0.1, 0.15) is 84.5 Å². The lowest BCUT2D eigenvalue weighted by molar-refractivity contribution is 0.0705. The summed E-state index contributed by atoms with van der Waals surface area (Å²) in [4.78, 5) is 20.0. The Bertz CT molecular complexity index is 1020. The van der Waals surface area contributed by atoms with Crippen LogP contribution in [0.25, 0.3) is 11.1 Å². The molecule has 1 aliphatic carbocycles. The summed E-state index contributed by atoms with van der Waals surface area (Å²) >= 11 is 0. The number of carbonyl (C=O) groups is 1. The summed E-state index contributed by atoms with van der Waals surface area (Å²) in [5.41, 5.74) is 5.02. The summed E-state index contributed by atoms with van der Waals surface area (Å²) < 4.78 is 8.40. The maximum absolute atomic E-state index is 13.3. The number of fused-ring (bicyclic) bond motifs is 1. The number of likely N-dealkylation sites (tertiary alicyclic amines) is 1. The standard InChI is InChI=1S/C25H31N3O2/c1-17-16-21(18(2)28(17)20-8-4-3-5-9-20)25(29)27-14-12-19(13-15-27)24-26-22-10-6-7-11-23(22)30-24/h6-7,10-11,16,19-20H,3-5,8-9,12-15H2,1-2H3. The number of piperidine rings is 1. The summed E-state index contributed by atoms with van der Waals surface area (Å²) in [6.07, 6.45) is 8.22. The average Bonchev–Trinajstić information content (AvgIpc) is 3.34. The number of amides is 1. The molecule has 0 radical (unpaired) electrons. The third-order valence-corrected chi connectivity index (χ3v) is 7.10. The molecule has 0 N–H and O–H groups in total. The fourth-order valence-corrected chi connectivity index (χ4v) is 5.46. The van der Waals surface area contributed by atoms with Crippen LogP contribution < -0.4 is 0 Å². The van der Waals surface area contributed by atoms with Crippen molar-refractivity contribution >= 4 is 17.0 Å². The molecule has 1 saturated carbocycles. The summed E-state index contributed by atoms with van der Waals surface area (Å²) in [6, 6.07) is 10.6. The smallest absolute Gasteiger partial charge is 0.255 e. The molecule has 2 aliphatic rings. The first-order chi connectivity index (χ1) is 14.6. The Hall–Kier alpha value is -2.56. The van der Waals surface area contributed by atoms with Crippen LogP contribution in [0.5, 0.6) is 0 Å². The lowest BCUT2D eigenvalue weighted by Gasteiger charge is -2.31. The molecule has 30 heavy (non-hydrogen) atoms. The Kier molecular flexibility index (Phi) is 5.13. The number of oxazole rings is 1. The fraction of sp³-hybridized carbons (Fsp3) is 0.520. The van der Waals surface area contributed by atoms with Crippen molar-refractivity contribution in [3.63, 3.8) is 0 Å². The minimum atomic E-state index is 0.182.